The third-order valence-electron chi connectivity index (χ3n) is 2.99. The molecule has 1 fully saturated rings. The number of amides is 1. The smallest absolute Gasteiger partial charge is 0.276 e. The van der Waals surface area contributed by atoms with Crippen molar-refractivity contribution in [3.8, 4) is 0 Å². The number of rotatable bonds is 3. The van der Waals surface area contributed by atoms with E-state index in [0.29, 0.717) is 23.3 Å². The number of nitrogens with one attached hydrogen (secondary N) is 1. The summed E-state index contributed by atoms with van der Waals surface area (Å²) in [5, 5.41) is 3.46. The first-order valence-electron chi connectivity index (χ1n) is 5.83. The number of carbonyl (C=O) groups excluding carboxylic acids is 1. The molecule has 2 rings (SSSR count). The van der Waals surface area contributed by atoms with E-state index in [4.69, 9.17) is 12.2 Å². The van der Waals surface area contributed by atoms with Gasteiger partial charge in [0.15, 0.2) is 5.11 Å². The normalized spacial score (nSPS) is 26.5. The quantitative estimate of drug-likeness (QED) is 0.472. The van der Waals surface area contributed by atoms with Gasteiger partial charge in [-0.2, -0.15) is 0 Å². The van der Waals surface area contributed by atoms with Gasteiger partial charge in [-0.3, -0.25) is 9.69 Å². The minimum Gasteiger partial charge on any atom is -0.328 e. The molecule has 1 unspecified atom stereocenters. The van der Waals surface area contributed by atoms with Crippen molar-refractivity contribution < 1.29 is 4.79 Å². The van der Waals surface area contributed by atoms with Crippen LogP contribution in [0.1, 0.15) is 19.3 Å². The molecule has 1 N–H and O–H groups in total. The fourth-order valence-corrected chi connectivity index (χ4v) is 2.35. The van der Waals surface area contributed by atoms with Gasteiger partial charge in [-0.05, 0) is 37.4 Å². The van der Waals surface area contributed by atoms with E-state index in [2.05, 4.69) is 24.0 Å². The van der Waals surface area contributed by atoms with E-state index in [1.807, 2.05) is 6.08 Å². The molecule has 0 aromatic heterocycles. The maximum absolute atomic E-state index is 12.0. The Balaban J connectivity index is 2.09. The molecule has 0 spiro atoms. The van der Waals surface area contributed by atoms with E-state index in [0.717, 1.165) is 19.3 Å². The molecule has 1 aliphatic carbocycles. The topological polar surface area (TPSA) is 32.3 Å². The van der Waals surface area contributed by atoms with Crippen LogP contribution in [0.2, 0.25) is 0 Å². The zero-order valence-electron chi connectivity index (χ0n) is 9.69. The third-order valence-corrected chi connectivity index (χ3v) is 3.31. The highest BCUT2D eigenvalue weighted by molar-refractivity contribution is 7.80. The first-order valence-corrected chi connectivity index (χ1v) is 6.23. The van der Waals surface area contributed by atoms with Crippen LogP contribution in [0.25, 0.3) is 0 Å². The molecule has 90 valence electrons. The van der Waals surface area contributed by atoms with Crippen LogP contribution < -0.4 is 5.32 Å². The van der Waals surface area contributed by atoms with E-state index in [1.54, 1.807) is 6.08 Å². The minimum atomic E-state index is -0.0375. The Morgan fingerprint density at radius 2 is 2.41 bits per heavy atom. The van der Waals surface area contributed by atoms with Crippen LogP contribution in [-0.4, -0.2) is 22.5 Å². The fraction of sp³-hybridized carbons (Fsp3) is 0.385. The predicted molar refractivity (Wildman–Crippen MR) is 72.2 cm³/mol. The molecule has 0 aromatic rings. The molecule has 0 saturated carbocycles. The largest absolute Gasteiger partial charge is 0.328 e. The van der Waals surface area contributed by atoms with Crippen molar-refractivity contribution >= 4 is 23.2 Å². The van der Waals surface area contributed by atoms with Crippen LogP contribution >= 0.6 is 12.2 Å². The molecule has 3 nitrogen and oxygen atoms in total. The van der Waals surface area contributed by atoms with Gasteiger partial charge in [0.05, 0.1) is 0 Å². The zero-order chi connectivity index (χ0) is 12.3. The lowest BCUT2D eigenvalue weighted by atomic mass is 9.93. The molecule has 1 heterocycles. The van der Waals surface area contributed by atoms with Crippen LogP contribution in [0.15, 0.2) is 36.6 Å². The Morgan fingerprint density at radius 3 is 3.06 bits per heavy atom. The first-order chi connectivity index (χ1) is 8.22. The second kappa shape index (κ2) is 5.27. The summed E-state index contributed by atoms with van der Waals surface area (Å²) >= 11 is 5.12. The highest BCUT2D eigenvalue weighted by Gasteiger charge is 2.30. The Labute approximate surface area is 107 Å². The van der Waals surface area contributed by atoms with Crippen LogP contribution in [0.3, 0.4) is 0 Å². The van der Waals surface area contributed by atoms with Crippen LogP contribution in [0.5, 0.6) is 0 Å². The summed E-state index contributed by atoms with van der Waals surface area (Å²) in [6.45, 7) is 4.09. The lowest BCUT2D eigenvalue weighted by Gasteiger charge is -2.13. The summed E-state index contributed by atoms with van der Waals surface area (Å²) in [6, 6.07) is 0. The summed E-state index contributed by atoms with van der Waals surface area (Å²) < 4.78 is 0. The van der Waals surface area contributed by atoms with Crippen molar-refractivity contribution in [3.05, 3.63) is 36.6 Å². The number of allylic oxidation sites excluding steroid dienone is 3. The van der Waals surface area contributed by atoms with Gasteiger partial charge in [0.25, 0.3) is 5.91 Å². The Morgan fingerprint density at radius 1 is 1.59 bits per heavy atom. The highest BCUT2D eigenvalue weighted by atomic mass is 32.1. The Hall–Kier alpha value is -1.42. The summed E-state index contributed by atoms with van der Waals surface area (Å²) in [7, 11) is 0. The maximum Gasteiger partial charge on any atom is 0.276 e. The second-order valence-electron chi connectivity index (χ2n) is 4.26. The fourth-order valence-electron chi connectivity index (χ4n) is 2.09. The Kier molecular flexibility index (Phi) is 3.74. The van der Waals surface area contributed by atoms with Crippen molar-refractivity contribution in [2.24, 2.45) is 5.92 Å². The van der Waals surface area contributed by atoms with E-state index in [9.17, 15) is 4.79 Å². The van der Waals surface area contributed by atoms with Crippen LogP contribution in [-0.2, 0) is 4.79 Å². The van der Waals surface area contributed by atoms with Gasteiger partial charge in [-0.15, -0.1) is 6.58 Å². The van der Waals surface area contributed by atoms with Crippen LogP contribution in [0, 0.1) is 5.92 Å². The molecule has 1 saturated heterocycles. The van der Waals surface area contributed by atoms with Gasteiger partial charge in [-0.25, -0.2) is 0 Å². The molecule has 17 heavy (non-hydrogen) atoms. The molecule has 4 heteroatoms. The highest BCUT2D eigenvalue weighted by Crippen LogP contribution is 2.22. The number of hydrogen-bond donors (Lipinski definition) is 1. The molecular weight excluding hydrogens is 232 g/mol. The third kappa shape index (κ3) is 2.64. The first kappa shape index (κ1) is 12.0. The number of hydrogen-bond acceptors (Lipinski definition) is 2. The van der Waals surface area contributed by atoms with Gasteiger partial charge in [0, 0.05) is 6.54 Å². The van der Waals surface area contributed by atoms with E-state index in [-0.39, 0.29) is 5.91 Å². The van der Waals surface area contributed by atoms with Gasteiger partial charge < -0.3 is 5.32 Å². The number of nitrogens with zero attached hydrogens (tertiary/aromatic N) is 1. The predicted octanol–water partition coefficient (Wildman–Crippen LogP) is 2.13. The summed E-state index contributed by atoms with van der Waals surface area (Å²) in [5.41, 5.74) is 0.622. The molecular formula is C13H16N2OS. The minimum absolute atomic E-state index is 0.0375. The summed E-state index contributed by atoms with van der Waals surface area (Å²) in [4.78, 5) is 13.6. The monoisotopic (exact) mass is 248 g/mol. The number of thiocarbonyl (C=S) groups is 1. The average molecular weight is 248 g/mol. The molecule has 0 aromatic carbocycles. The van der Waals surface area contributed by atoms with Gasteiger partial charge in [0.2, 0.25) is 0 Å². The van der Waals surface area contributed by atoms with Crippen molar-refractivity contribution in [2.75, 3.05) is 6.54 Å². The van der Waals surface area contributed by atoms with E-state index >= 15 is 0 Å². The van der Waals surface area contributed by atoms with E-state index in [1.165, 1.54) is 4.90 Å². The van der Waals surface area contributed by atoms with Gasteiger partial charge in [-0.1, -0.05) is 24.3 Å². The van der Waals surface area contributed by atoms with Gasteiger partial charge >= 0.3 is 0 Å². The summed E-state index contributed by atoms with van der Waals surface area (Å²) in [5.74, 6) is 0.405. The molecule has 0 bridgehead atoms. The van der Waals surface area contributed by atoms with Gasteiger partial charge in [0.1, 0.15) is 5.70 Å². The lowest BCUT2D eigenvalue weighted by Crippen LogP contribution is -2.30. The second-order valence-corrected chi connectivity index (χ2v) is 4.65. The molecule has 1 amide bonds. The van der Waals surface area contributed by atoms with Crippen molar-refractivity contribution in [2.45, 2.75) is 19.3 Å². The van der Waals surface area contributed by atoms with Crippen LogP contribution in [0.4, 0.5) is 0 Å². The molecule has 0 radical (unpaired) electrons. The maximum atomic E-state index is 12.0. The molecule has 2 aliphatic rings. The lowest BCUT2D eigenvalue weighted by molar-refractivity contribution is -0.122. The van der Waals surface area contributed by atoms with E-state index < -0.39 is 0 Å². The Bertz CT molecular complexity index is 412. The molecule has 1 aliphatic heterocycles. The summed E-state index contributed by atoms with van der Waals surface area (Å²) in [6.07, 6.45) is 11.2. The zero-order valence-corrected chi connectivity index (χ0v) is 10.5. The van der Waals surface area contributed by atoms with Crippen molar-refractivity contribution in [3.63, 3.8) is 0 Å². The van der Waals surface area contributed by atoms with Crippen molar-refractivity contribution in [1.29, 1.82) is 0 Å². The standard InChI is InChI=1S/C13H16N2OS/c1-2-8-15-12(16)11(14-13(15)17)9-10-6-4-3-5-7-10/h2-4,9-10H,1,5-8H2,(H,14,17). The number of carbonyl (C=O) groups is 1. The average Bonchev–Trinajstić information content (AvgIpc) is 2.59. The van der Waals surface area contributed by atoms with Crippen molar-refractivity contribution in [1.82, 2.24) is 10.2 Å². The molecule has 1 atom stereocenters. The SMILES string of the molecule is C=CCN1C(=O)C(=CC2CC=CCC2)NC1=S.